The Hall–Kier alpha value is -3.86. The normalized spacial score (nSPS) is 11.1. The van der Waals surface area contributed by atoms with Crippen molar-refractivity contribution >= 4 is 33.6 Å². The first-order chi connectivity index (χ1) is 13.3. The molecule has 0 bridgehead atoms. The second-order valence-electron chi connectivity index (χ2n) is 6.25. The summed E-state index contributed by atoms with van der Waals surface area (Å²) in [4.78, 5) is 16.9. The Morgan fingerprint density at radius 2 is 1.70 bits per heavy atom. The summed E-state index contributed by atoms with van der Waals surface area (Å²) in [6.07, 6.45) is 1.80. The number of imidazole rings is 1. The van der Waals surface area contributed by atoms with E-state index in [-0.39, 0.29) is 5.91 Å². The Labute approximate surface area is 154 Å². The van der Waals surface area contributed by atoms with Crippen LogP contribution in [-0.2, 0) is 0 Å². The molecule has 2 heterocycles. The highest BCUT2D eigenvalue weighted by Crippen LogP contribution is 2.22. The average molecular weight is 353 g/mol. The first-order valence-electron chi connectivity index (χ1n) is 8.60. The zero-order valence-electron chi connectivity index (χ0n) is 14.3. The predicted octanol–water partition coefficient (Wildman–Crippen LogP) is 5.02. The molecule has 1 amide bonds. The SMILES string of the molecule is O=C(Nc1ccc(-n2cnc3ccccc32)cc1)c1cc2ccccc2o1. The van der Waals surface area contributed by atoms with Gasteiger partial charge in [-0.1, -0.05) is 30.3 Å². The van der Waals surface area contributed by atoms with E-state index in [0.29, 0.717) is 17.0 Å². The van der Waals surface area contributed by atoms with Gasteiger partial charge in [0.25, 0.3) is 5.91 Å². The lowest BCUT2D eigenvalue weighted by atomic mass is 10.2. The molecule has 0 atom stereocenters. The maximum Gasteiger partial charge on any atom is 0.291 e. The van der Waals surface area contributed by atoms with Crippen LogP contribution in [0.15, 0.2) is 89.6 Å². The molecule has 0 saturated carbocycles. The molecule has 0 aliphatic rings. The molecule has 5 heteroatoms. The summed E-state index contributed by atoms with van der Waals surface area (Å²) in [7, 11) is 0. The summed E-state index contributed by atoms with van der Waals surface area (Å²) in [5.74, 6) is 0.0212. The van der Waals surface area contributed by atoms with E-state index < -0.39 is 0 Å². The van der Waals surface area contributed by atoms with E-state index in [2.05, 4.69) is 10.3 Å². The molecule has 130 valence electrons. The van der Waals surface area contributed by atoms with Crippen LogP contribution >= 0.6 is 0 Å². The van der Waals surface area contributed by atoms with Crippen LogP contribution in [0.5, 0.6) is 0 Å². The van der Waals surface area contributed by atoms with Crippen molar-refractivity contribution in [2.24, 2.45) is 0 Å². The van der Waals surface area contributed by atoms with Crippen LogP contribution in [-0.4, -0.2) is 15.5 Å². The van der Waals surface area contributed by atoms with Crippen molar-refractivity contribution in [3.05, 3.63) is 91.0 Å². The van der Waals surface area contributed by atoms with E-state index in [9.17, 15) is 4.79 Å². The lowest BCUT2D eigenvalue weighted by Crippen LogP contribution is -2.10. The minimum Gasteiger partial charge on any atom is -0.451 e. The van der Waals surface area contributed by atoms with Gasteiger partial charge in [-0.15, -0.1) is 0 Å². The van der Waals surface area contributed by atoms with Gasteiger partial charge in [-0.3, -0.25) is 9.36 Å². The molecule has 5 aromatic rings. The summed E-state index contributed by atoms with van der Waals surface area (Å²) in [6, 6.07) is 24.9. The second kappa shape index (κ2) is 6.14. The van der Waals surface area contributed by atoms with E-state index in [1.165, 1.54) is 0 Å². The van der Waals surface area contributed by atoms with Crippen LogP contribution in [0.2, 0.25) is 0 Å². The maximum absolute atomic E-state index is 12.5. The topological polar surface area (TPSA) is 60.1 Å². The number of nitrogens with zero attached hydrogens (tertiary/aromatic N) is 2. The zero-order valence-corrected chi connectivity index (χ0v) is 14.3. The van der Waals surface area contributed by atoms with Gasteiger partial charge in [0.1, 0.15) is 11.9 Å². The van der Waals surface area contributed by atoms with Crippen LogP contribution < -0.4 is 5.32 Å². The molecule has 0 saturated heterocycles. The summed E-state index contributed by atoms with van der Waals surface area (Å²) in [5, 5.41) is 3.78. The van der Waals surface area contributed by atoms with Crippen molar-refractivity contribution in [3.63, 3.8) is 0 Å². The highest BCUT2D eigenvalue weighted by atomic mass is 16.3. The number of hydrogen-bond acceptors (Lipinski definition) is 3. The van der Waals surface area contributed by atoms with Gasteiger partial charge in [0.15, 0.2) is 5.76 Å². The number of benzene rings is 3. The van der Waals surface area contributed by atoms with Gasteiger partial charge >= 0.3 is 0 Å². The molecule has 0 aliphatic carbocycles. The number of aromatic nitrogens is 2. The van der Waals surface area contributed by atoms with Crippen molar-refractivity contribution in [3.8, 4) is 5.69 Å². The lowest BCUT2D eigenvalue weighted by Gasteiger charge is -2.07. The Kier molecular flexibility index (Phi) is 3.50. The standard InChI is InChI=1S/C22H15N3O2/c26-22(21-13-15-5-1-4-8-20(15)27-21)24-16-9-11-17(12-10-16)25-14-23-18-6-2-3-7-19(18)25/h1-14H,(H,24,26). The molecule has 27 heavy (non-hydrogen) atoms. The summed E-state index contributed by atoms with van der Waals surface area (Å²) >= 11 is 0. The number of hydrogen-bond donors (Lipinski definition) is 1. The van der Waals surface area contributed by atoms with Crippen LogP contribution in [0.4, 0.5) is 5.69 Å². The highest BCUT2D eigenvalue weighted by molar-refractivity contribution is 6.04. The van der Waals surface area contributed by atoms with E-state index in [1.807, 2.05) is 77.4 Å². The Morgan fingerprint density at radius 1 is 0.926 bits per heavy atom. The number of furan rings is 1. The van der Waals surface area contributed by atoms with Crippen molar-refractivity contribution in [1.29, 1.82) is 0 Å². The molecule has 1 N–H and O–H groups in total. The number of amides is 1. The fraction of sp³-hybridized carbons (Fsp3) is 0. The number of fused-ring (bicyclic) bond motifs is 2. The maximum atomic E-state index is 12.5. The first-order valence-corrected chi connectivity index (χ1v) is 8.60. The molecule has 0 fully saturated rings. The first kappa shape index (κ1) is 15.4. The van der Waals surface area contributed by atoms with Gasteiger partial charge in [0, 0.05) is 16.8 Å². The predicted molar refractivity (Wildman–Crippen MR) is 105 cm³/mol. The van der Waals surface area contributed by atoms with Crippen molar-refractivity contribution < 1.29 is 9.21 Å². The van der Waals surface area contributed by atoms with Crippen LogP contribution in [0.1, 0.15) is 10.6 Å². The van der Waals surface area contributed by atoms with Gasteiger partial charge in [0.2, 0.25) is 0 Å². The third-order valence-corrected chi connectivity index (χ3v) is 4.51. The number of carbonyl (C=O) groups excluding carboxylic acids is 1. The quantitative estimate of drug-likeness (QED) is 0.495. The van der Waals surface area contributed by atoms with Crippen LogP contribution in [0.25, 0.3) is 27.7 Å². The van der Waals surface area contributed by atoms with Crippen molar-refractivity contribution in [1.82, 2.24) is 9.55 Å². The number of anilines is 1. The summed E-state index contributed by atoms with van der Waals surface area (Å²) in [5.41, 5.74) is 4.36. The molecule has 5 rings (SSSR count). The van der Waals surface area contributed by atoms with Gasteiger partial charge < -0.3 is 9.73 Å². The molecule has 3 aromatic carbocycles. The molecular weight excluding hydrogens is 338 g/mol. The van der Waals surface area contributed by atoms with E-state index in [1.54, 1.807) is 12.4 Å². The zero-order chi connectivity index (χ0) is 18.2. The Morgan fingerprint density at radius 3 is 2.56 bits per heavy atom. The summed E-state index contributed by atoms with van der Waals surface area (Å²) in [6.45, 7) is 0. The Balaban J connectivity index is 1.39. The third kappa shape index (κ3) is 2.75. The van der Waals surface area contributed by atoms with Crippen LogP contribution in [0, 0.1) is 0 Å². The fourth-order valence-corrected chi connectivity index (χ4v) is 3.16. The van der Waals surface area contributed by atoms with Crippen LogP contribution in [0.3, 0.4) is 0 Å². The Bertz CT molecular complexity index is 1230. The lowest BCUT2D eigenvalue weighted by molar-refractivity contribution is 0.0998. The fourth-order valence-electron chi connectivity index (χ4n) is 3.16. The van der Waals surface area contributed by atoms with Gasteiger partial charge in [-0.05, 0) is 48.5 Å². The molecule has 2 aromatic heterocycles. The molecule has 5 nitrogen and oxygen atoms in total. The van der Waals surface area contributed by atoms with Gasteiger partial charge in [0.05, 0.1) is 11.0 Å². The van der Waals surface area contributed by atoms with Crippen molar-refractivity contribution in [2.75, 3.05) is 5.32 Å². The van der Waals surface area contributed by atoms with Gasteiger partial charge in [-0.25, -0.2) is 4.98 Å². The number of carbonyl (C=O) groups is 1. The molecule has 0 radical (unpaired) electrons. The molecule has 0 spiro atoms. The number of rotatable bonds is 3. The molecule has 0 unspecified atom stereocenters. The minimum absolute atomic E-state index is 0.271. The smallest absolute Gasteiger partial charge is 0.291 e. The van der Waals surface area contributed by atoms with Crippen molar-refractivity contribution in [2.45, 2.75) is 0 Å². The monoisotopic (exact) mass is 353 g/mol. The number of para-hydroxylation sites is 3. The second-order valence-corrected chi connectivity index (χ2v) is 6.25. The molecule has 0 aliphatic heterocycles. The average Bonchev–Trinajstić information content (AvgIpc) is 3.33. The minimum atomic E-state index is -0.271. The molecular formula is C22H15N3O2. The van der Waals surface area contributed by atoms with E-state index >= 15 is 0 Å². The summed E-state index contributed by atoms with van der Waals surface area (Å²) < 4.78 is 7.62. The highest BCUT2D eigenvalue weighted by Gasteiger charge is 2.12. The van der Waals surface area contributed by atoms with E-state index in [0.717, 1.165) is 22.1 Å². The number of nitrogens with one attached hydrogen (secondary N) is 1. The largest absolute Gasteiger partial charge is 0.451 e. The van der Waals surface area contributed by atoms with E-state index in [4.69, 9.17) is 4.42 Å². The third-order valence-electron chi connectivity index (χ3n) is 4.51. The van der Waals surface area contributed by atoms with Gasteiger partial charge in [-0.2, -0.15) is 0 Å².